The van der Waals surface area contributed by atoms with Crippen molar-refractivity contribution >= 4 is 27.4 Å². The van der Waals surface area contributed by atoms with Gasteiger partial charge in [0.1, 0.15) is 5.82 Å². The Morgan fingerprint density at radius 2 is 2.29 bits per heavy atom. The van der Waals surface area contributed by atoms with E-state index in [4.69, 9.17) is 0 Å². The van der Waals surface area contributed by atoms with E-state index >= 15 is 0 Å². The van der Waals surface area contributed by atoms with Gasteiger partial charge in [0, 0.05) is 18.0 Å². The van der Waals surface area contributed by atoms with Crippen molar-refractivity contribution in [3.05, 3.63) is 24.3 Å². The molecule has 0 bridgehead atoms. The number of aromatic nitrogens is 1. The number of hydrogen-bond acceptors (Lipinski definition) is 4. The zero-order valence-electron chi connectivity index (χ0n) is 9.78. The lowest BCUT2D eigenvalue weighted by molar-refractivity contribution is 0.414. The van der Waals surface area contributed by atoms with Gasteiger partial charge in [-0.05, 0) is 43.1 Å². The van der Waals surface area contributed by atoms with Gasteiger partial charge in [-0.25, -0.2) is 0 Å². The molecular weight excluding hydrogens is 230 g/mol. The molecule has 0 amide bonds. The van der Waals surface area contributed by atoms with Crippen molar-refractivity contribution in [1.29, 1.82) is 0 Å². The van der Waals surface area contributed by atoms with Gasteiger partial charge in [-0.2, -0.15) is 4.37 Å². The van der Waals surface area contributed by atoms with Gasteiger partial charge in [0.05, 0.1) is 4.70 Å². The smallest absolute Gasteiger partial charge is 0.147 e. The minimum absolute atomic E-state index is 0.601. The normalized spacial score (nSPS) is 20.6. The Kier molecular flexibility index (Phi) is 3.25. The molecule has 1 aromatic carbocycles. The van der Waals surface area contributed by atoms with E-state index < -0.39 is 0 Å². The molecular formula is C13H17N3S. The summed E-state index contributed by atoms with van der Waals surface area (Å²) in [5.74, 6) is 1.04. The monoisotopic (exact) mass is 247 g/mol. The van der Waals surface area contributed by atoms with E-state index in [0.717, 1.165) is 18.9 Å². The SMILES string of the molecule is c1ccc2c(NC[C@@H]3CCCCN3)nsc2c1. The van der Waals surface area contributed by atoms with Crippen molar-refractivity contribution in [1.82, 2.24) is 9.69 Å². The van der Waals surface area contributed by atoms with Crippen molar-refractivity contribution < 1.29 is 0 Å². The maximum atomic E-state index is 4.48. The van der Waals surface area contributed by atoms with Crippen LogP contribution in [0.2, 0.25) is 0 Å². The second-order valence-corrected chi connectivity index (χ2v) is 5.36. The second-order valence-electron chi connectivity index (χ2n) is 4.56. The zero-order valence-corrected chi connectivity index (χ0v) is 10.6. The van der Waals surface area contributed by atoms with Crippen LogP contribution < -0.4 is 10.6 Å². The van der Waals surface area contributed by atoms with E-state index in [1.807, 2.05) is 0 Å². The maximum absolute atomic E-state index is 4.48. The Bertz CT molecular complexity index is 488. The summed E-state index contributed by atoms with van der Waals surface area (Å²) in [6.07, 6.45) is 3.93. The fraction of sp³-hybridized carbons (Fsp3) is 0.462. The van der Waals surface area contributed by atoms with Gasteiger partial charge in [0.2, 0.25) is 0 Å². The molecule has 2 heterocycles. The third-order valence-corrected chi connectivity index (χ3v) is 4.13. The van der Waals surface area contributed by atoms with Crippen LogP contribution in [0, 0.1) is 0 Å². The number of anilines is 1. The lowest BCUT2D eigenvalue weighted by atomic mass is 10.1. The van der Waals surface area contributed by atoms with E-state index in [-0.39, 0.29) is 0 Å². The second kappa shape index (κ2) is 5.02. The lowest BCUT2D eigenvalue weighted by Gasteiger charge is -2.23. The number of hydrogen-bond donors (Lipinski definition) is 2. The van der Waals surface area contributed by atoms with Crippen molar-refractivity contribution in [3.8, 4) is 0 Å². The Labute approximate surface area is 105 Å². The van der Waals surface area contributed by atoms with Crippen molar-refractivity contribution in [2.45, 2.75) is 25.3 Å². The highest BCUT2D eigenvalue weighted by molar-refractivity contribution is 7.13. The molecule has 1 aliphatic heterocycles. The van der Waals surface area contributed by atoms with Crippen LogP contribution in [0.25, 0.3) is 10.1 Å². The lowest BCUT2D eigenvalue weighted by Crippen LogP contribution is -2.39. The average Bonchev–Trinajstić information content (AvgIpc) is 2.81. The molecule has 1 aromatic heterocycles. The molecule has 3 rings (SSSR count). The Morgan fingerprint density at radius 3 is 3.18 bits per heavy atom. The first-order chi connectivity index (χ1) is 8.43. The van der Waals surface area contributed by atoms with Crippen molar-refractivity contribution in [2.24, 2.45) is 0 Å². The van der Waals surface area contributed by atoms with Crippen LogP contribution >= 0.6 is 11.5 Å². The highest BCUT2D eigenvalue weighted by Crippen LogP contribution is 2.26. The van der Waals surface area contributed by atoms with Crippen LogP contribution in [-0.4, -0.2) is 23.5 Å². The van der Waals surface area contributed by atoms with Crippen LogP contribution in [0.1, 0.15) is 19.3 Å². The highest BCUT2D eigenvalue weighted by atomic mass is 32.1. The number of piperidine rings is 1. The summed E-state index contributed by atoms with van der Waals surface area (Å²) < 4.78 is 5.74. The molecule has 0 spiro atoms. The first-order valence-corrected chi connectivity index (χ1v) is 7.02. The Balaban J connectivity index is 1.68. The summed E-state index contributed by atoms with van der Waals surface area (Å²) in [6.45, 7) is 2.14. The predicted octanol–water partition coefficient (Wildman–Crippen LogP) is 2.85. The quantitative estimate of drug-likeness (QED) is 0.875. The molecule has 90 valence electrons. The molecule has 0 saturated carbocycles. The first-order valence-electron chi connectivity index (χ1n) is 6.25. The zero-order chi connectivity index (χ0) is 11.5. The van der Waals surface area contributed by atoms with Gasteiger partial charge in [0.15, 0.2) is 0 Å². The molecule has 17 heavy (non-hydrogen) atoms. The molecule has 2 aromatic rings. The van der Waals surface area contributed by atoms with Gasteiger partial charge in [0.25, 0.3) is 0 Å². The van der Waals surface area contributed by atoms with E-state index in [1.165, 1.54) is 29.3 Å². The largest absolute Gasteiger partial charge is 0.367 e. The Morgan fingerprint density at radius 1 is 1.35 bits per heavy atom. The molecule has 3 nitrogen and oxygen atoms in total. The molecule has 1 fully saturated rings. The maximum Gasteiger partial charge on any atom is 0.147 e. The number of fused-ring (bicyclic) bond motifs is 1. The third kappa shape index (κ3) is 2.42. The van der Waals surface area contributed by atoms with Crippen LogP contribution in [0.15, 0.2) is 24.3 Å². The number of rotatable bonds is 3. The van der Waals surface area contributed by atoms with Crippen LogP contribution in [0.5, 0.6) is 0 Å². The summed E-state index contributed by atoms with van der Waals surface area (Å²) in [4.78, 5) is 0. The van der Waals surface area contributed by atoms with Crippen molar-refractivity contribution in [2.75, 3.05) is 18.4 Å². The standard InChI is InChI=1S/C13H17N3S/c1-2-7-12-11(6-1)13(16-17-12)15-9-10-5-3-4-8-14-10/h1-2,6-7,10,14H,3-5,8-9H2,(H,15,16)/t10-/m0/s1. The fourth-order valence-corrected chi connectivity index (χ4v) is 3.09. The third-order valence-electron chi connectivity index (χ3n) is 3.31. The van der Waals surface area contributed by atoms with Crippen LogP contribution in [0.3, 0.4) is 0 Å². The van der Waals surface area contributed by atoms with E-state index in [2.05, 4.69) is 39.3 Å². The van der Waals surface area contributed by atoms with Crippen LogP contribution in [-0.2, 0) is 0 Å². The summed E-state index contributed by atoms with van der Waals surface area (Å²) in [6, 6.07) is 8.99. The van der Waals surface area contributed by atoms with Gasteiger partial charge in [-0.1, -0.05) is 18.6 Å². The summed E-state index contributed by atoms with van der Waals surface area (Å²) in [5.41, 5.74) is 0. The van der Waals surface area contributed by atoms with E-state index in [9.17, 15) is 0 Å². The molecule has 0 unspecified atom stereocenters. The Hall–Kier alpha value is -1.13. The molecule has 4 heteroatoms. The minimum Gasteiger partial charge on any atom is -0.367 e. The number of nitrogens with one attached hydrogen (secondary N) is 2. The summed E-state index contributed by atoms with van der Waals surface area (Å²) in [7, 11) is 0. The fourth-order valence-electron chi connectivity index (χ4n) is 2.33. The summed E-state index contributed by atoms with van der Waals surface area (Å²) >= 11 is 1.57. The van der Waals surface area contributed by atoms with Gasteiger partial charge >= 0.3 is 0 Å². The topological polar surface area (TPSA) is 37.0 Å². The predicted molar refractivity (Wildman–Crippen MR) is 73.8 cm³/mol. The van der Waals surface area contributed by atoms with Gasteiger partial charge < -0.3 is 10.6 Å². The average molecular weight is 247 g/mol. The first kappa shape index (κ1) is 11.0. The number of nitrogens with zero attached hydrogens (tertiary/aromatic N) is 1. The molecule has 0 radical (unpaired) electrons. The molecule has 1 saturated heterocycles. The van der Waals surface area contributed by atoms with E-state index in [0.29, 0.717) is 6.04 Å². The molecule has 1 atom stereocenters. The summed E-state index contributed by atoms with van der Waals surface area (Å²) in [5, 5.41) is 8.26. The minimum atomic E-state index is 0.601. The van der Waals surface area contributed by atoms with E-state index in [1.54, 1.807) is 11.5 Å². The van der Waals surface area contributed by atoms with Gasteiger partial charge in [-0.15, -0.1) is 0 Å². The highest BCUT2D eigenvalue weighted by Gasteiger charge is 2.13. The van der Waals surface area contributed by atoms with Gasteiger partial charge in [-0.3, -0.25) is 0 Å². The molecule has 2 N–H and O–H groups in total. The van der Waals surface area contributed by atoms with Crippen LogP contribution in [0.4, 0.5) is 5.82 Å². The molecule has 1 aliphatic rings. The number of benzene rings is 1. The molecule has 0 aliphatic carbocycles. The van der Waals surface area contributed by atoms with Crippen molar-refractivity contribution in [3.63, 3.8) is 0 Å².